The third-order valence-electron chi connectivity index (χ3n) is 3.57. The van der Waals surface area contributed by atoms with Gasteiger partial charge in [0.2, 0.25) is 0 Å². The van der Waals surface area contributed by atoms with Gasteiger partial charge >= 0.3 is 6.03 Å². The topological polar surface area (TPSA) is 61.4 Å². The van der Waals surface area contributed by atoms with Gasteiger partial charge in [-0.2, -0.15) is 11.8 Å². The van der Waals surface area contributed by atoms with E-state index in [1.54, 1.807) is 18.7 Å². The van der Waals surface area contributed by atoms with Crippen molar-refractivity contribution in [3.8, 4) is 0 Å². The van der Waals surface area contributed by atoms with Gasteiger partial charge < -0.3 is 15.7 Å². The van der Waals surface area contributed by atoms with Crippen molar-refractivity contribution in [2.24, 2.45) is 5.41 Å². The molecule has 1 aliphatic rings. The van der Waals surface area contributed by atoms with Gasteiger partial charge in [-0.1, -0.05) is 19.8 Å². The van der Waals surface area contributed by atoms with E-state index in [0.717, 1.165) is 6.54 Å². The Morgan fingerprint density at radius 3 is 2.56 bits per heavy atom. The van der Waals surface area contributed by atoms with E-state index < -0.39 is 5.60 Å². The minimum Gasteiger partial charge on any atom is -0.387 e. The zero-order valence-corrected chi connectivity index (χ0v) is 12.5. The summed E-state index contributed by atoms with van der Waals surface area (Å²) in [6, 6.07) is -0.176. The molecule has 18 heavy (non-hydrogen) atoms. The number of thioether (sulfide) groups is 1. The number of aliphatic hydroxyl groups is 1. The van der Waals surface area contributed by atoms with Crippen LogP contribution in [-0.4, -0.2) is 41.8 Å². The zero-order valence-electron chi connectivity index (χ0n) is 11.7. The molecular weight excluding hydrogens is 248 g/mol. The minimum absolute atomic E-state index is 0.176. The summed E-state index contributed by atoms with van der Waals surface area (Å²) < 4.78 is 0. The average molecular weight is 274 g/mol. The Kier molecular flexibility index (Phi) is 5.79. The van der Waals surface area contributed by atoms with Crippen LogP contribution >= 0.6 is 11.8 Å². The molecule has 106 valence electrons. The molecule has 0 aromatic heterocycles. The highest BCUT2D eigenvalue weighted by Crippen LogP contribution is 2.36. The Morgan fingerprint density at radius 1 is 1.39 bits per heavy atom. The molecule has 2 amide bonds. The van der Waals surface area contributed by atoms with E-state index in [0.29, 0.717) is 5.75 Å². The number of amides is 2. The third kappa shape index (κ3) is 5.48. The van der Waals surface area contributed by atoms with Crippen LogP contribution in [0.3, 0.4) is 0 Å². The Balaban J connectivity index is 2.21. The van der Waals surface area contributed by atoms with Crippen molar-refractivity contribution in [3.63, 3.8) is 0 Å². The van der Waals surface area contributed by atoms with Gasteiger partial charge in [-0.05, 0) is 31.4 Å². The lowest BCUT2D eigenvalue weighted by Gasteiger charge is -2.25. The number of rotatable bonds is 6. The van der Waals surface area contributed by atoms with E-state index in [1.165, 1.54) is 25.7 Å². The lowest BCUT2D eigenvalue weighted by molar-refractivity contribution is 0.0868. The van der Waals surface area contributed by atoms with E-state index in [4.69, 9.17) is 0 Å². The monoisotopic (exact) mass is 274 g/mol. The summed E-state index contributed by atoms with van der Waals surface area (Å²) >= 11 is 1.57. The predicted molar refractivity (Wildman–Crippen MR) is 77.0 cm³/mol. The molecule has 3 N–H and O–H groups in total. The summed E-state index contributed by atoms with van der Waals surface area (Å²) in [4.78, 5) is 11.7. The number of nitrogens with one attached hydrogen (secondary N) is 2. The first-order chi connectivity index (χ1) is 8.37. The van der Waals surface area contributed by atoms with Crippen LogP contribution in [0.15, 0.2) is 0 Å². The standard InChI is InChI=1S/C13H26N2O2S/c1-12(6-4-5-7-12)8-14-11(16)15-9-13(2,17)10-18-3/h17H,4-10H2,1-3H3,(H2,14,15,16). The van der Waals surface area contributed by atoms with Gasteiger partial charge in [-0.15, -0.1) is 0 Å². The first-order valence-corrected chi connectivity index (χ1v) is 7.99. The first kappa shape index (κ1) is 15.6. The summed E-state index contributed by atoms with van der Waals surface area (Å²) in [5.74, 6) is 0.616. The van der Waals surface area contributed by atoms with Gasteiger partial charge in [0.1, 0.15) is 0 Å². The highest BCUT2D eigenvalue weighted by atomic mass is 32.2. The van der Waals surface area contributed by atoms with E-state index >= 15 is 0 Å². The molecule has 1 atom stereocenters. The fourth-order valence-electron chi connectivity index (χ4n) is 2.39. The van der Waals surface area contributed by atoms with E-state index in [9.17, 15) is 9.90 Å². The fourth-order valence-corrected chi connectivity index (χ4v) is 3.12. The molecule has 4 nitrogen and oxygen atoms in total. The molecule has 0 radical (unpaired) electrons. The normalized spacial score (nSPS) is 21.3. The molecule has 0 heterocycles. The van der Waals surface area contributed by atoms with Crippen LogP contribution in [0.5, 0.6) is 0 Å². The number of carbonyl (C=O) groups is 1. The quantitative estimate of drug-likeness (QED) is 0.694. The fraction of sp³-hybridized carbons (Fsp3) is 0.923. The molecule has 0 saturated heterocycles. The Bertz CT molecular complexity index is 276. The molecule has 0 bridgehead atoms. The largest absolute Gasteiger partial charge is 0.387 e. The van der Waals surface area contributed by atoms with Crippen molar-refractivity contribution in [1.82, 2.24) is 10.6 Å². The van der Waals surface area contributed by atoms with Crippen molar-refractivity contribution in [3.05, 3.63) is 0 Å². The van der Waals surface area contributed by atoms with Crippen LogP contribution < -0.4 is 10.6 Å². The first-order valence-electron chi connectivity index (χ1n) is 6.60. The van der Waals surface area contributed by atoms with Gasteiger partial charge in [0.25, 0.3) is 0 Å². The molecule has 1 aliphatic carbocycles. The molecule has 0 aromatic carbocycles. The molecule has 0 aromatic rings. The average Bonchev–Trinajstić information content (AvgIpc) is 2.72. The van der Waals surface area contributed by atoms with Crippen LogP contribution in [0.2, 0.25) is 0 Å². The Labute approximate surface area is 114 Å². The molecule has 5 heteroatoms. The van der Waals surface area contributed by atoms with Crippen molar-refractivity contribution in [2.75, 3.05) is 25.1 Å². The SMILES string of the molecule is CSCC(C)(O)CNC(=O)NCC1(C)CCCC1. The lowest BCUT2D eigenvalue weighted by Crippen LogP contribution is -2.47. The van der Waals surface area contributed by atoms with Crippen molar-refractivity contribution >= 4 is 17.8 Å². The van der Waals surface area contributed by atoms with Gasteiger partial charge in [0, 0.05) is 18.8 Å². The zero-order chi connectivity index (χ0) is 13.6. The van der Waals surface area contributed by atoms with Crippen LogP contribution in [0.4, 0.5) is 4.79 Å². The molecular formula is C13H26N2O2S. The third-order valence-corrected chi connectivity index (χ3v) is 4.48. The Hall–Kier alpha value is -0.420. The van der Waals surface area contributed by atoms with Gasteiger partial charge in [-0.3, -0.25) is 0 Å². The van der Waals surface area contributed by atoms with Crippen LogP contribution in [-0.2, 0) is 0 Å². The lowest BCUT2D eigenvalue weighted by atomic mass is 9.89. The van der Waals surface area contributed by atoms with Gasteiger partial charge in [0.15, 0.2) is 0 Å². The maximum absolute atomic E-state index is 11.7. The molecule has 1 saturated carbocycles. The smallest absolute Gasteiger partial charge is 0.314 e. The van der Waals surface area contributed by atoms with Crippen molar-refractivity contribution < 1.29 is 9.90 Å². The van der Waals surface area contributed by atoms with Crippen molar-refractivity contribution in [1.29, 1.82) is 0 Å². The summed E-state index contributed by atoms with van der Waals surface area (Å²) in [7, 11) is 0. The number of urea groups is 1. The maximum atomic E-state index is 11.7. The second kappa shape index (κ2) is 6.66. The second-order valence-corrected chi connectivity index (χ2v) is 6.85. The second-order valence-electron chi connectivity index (χ2n) is 5.98. The number of hydrogen-bond donors (Lipinski definition) is 3. The van der Waals surface area contributed by atoms with Crippen LogP contribution in [0.25, 0.3) is 0 Å². The maximum Gasteiger partial charge on any atom is 0.314 e. The predicted octanol–water partition coefficient (Wildman–Crippen LogP) is 1.98. The Morgan fingerprint density at radius 2 is 2.00 bits per heavy atom. The highest BCUT2D eigenvalue weighted by Gasteiger charge is 2.29. The van der Waals surface area contributed by atoms with E-state index in [2.05, 4.69) is 17.6 Å². The summed E-state index contributed by atoms with van der Waals surface area (Å²) in [5, 5.41) is 15.6. The van der Waals surface area contributed by atoms with Gasteiger partial charge in [0.05, 0.1) is 5.60 Å². The molecule has 0 aliphatic heterocycles. The van der Waals surface area contributed by atoms with E-state index in [1.807, 2.05) is 6.26 Å². The summed E-state index contributed by atoms with van der Waals surface area (Å²) in [6.07, 6.45) is 6.86. The number of carbonyl (C=O) groups excluding carboxylic acids is 1. The molecule has 0 spiro atoms. The van der Waals surface area contributed by atoms with Crippen LogP contribution in [0.1, 0.15) is 39.5 Å². The van der Waals surface area contributed by atoms with Crippen molar-refractivity contribution in [2.45, 2.75) is 45.1 Å². The summed E-state index contributed by atoms with van der Waals surface area (Å²) in [6.45, 7) is 4.98. The van der Waals surface area contributed by atoms with E-state index in [-0.39, 0.29) is 18.0 Å². The minimum atomic E-state index is -0.839. The number of hydrogen-bond acceptors (Lipinski definition) is 3. The van der Waals surface area contributed by atoms with Gasteiger partial charge in [-0.25, -0.2) is 4.79 Å². The molecule has 1 rings (SSSR count). The van der Waals surface area contributed by atoms with Crippen LogP contribution in [0, 0.1) is 5.41 Å². The summed E-state index contributed by atoms with van der Waals surface area (Å²) in [5.41, 5.74) is -0.576. The molecule has 1 unspecified atom stereocenters. The molecule has 1 fully saturated rings. The highest BCUT2D eigenvalue weighted by molar-refractivity contribution is 7.98.